The van der Waals surface area contributed by atoms with Crippen LogP contribution in [0.2, 0.25) is 0 Å². The molecule has 0 aliphatic carbocycles. The fourth-order valence-corrected chi connectivity index (χ4v) is 4.96. The van der Waals surface area contributed by atoms with Gasteiger partial charge in [0.1, 0.15) is 17.7 Å². The molecule has 0 aromatic heterocycles. The lowest BCUT2D eigenvalue weighted by molar-refractivity contribution is -0.384. The van der Waals surface area contributed by atoms with Crippen LogP contribution in [0.25, 0.3) is 11.1 Å². The fraction of sp³-hybridized carbons (Fsp3) is 0.345. The first-order valence-electron chi connectivity index (χ1n) is 12.5. The number of nitro groups is 1. The number of aryl methyl sites for hydroxylation is 1. The lowest BCUT2D eigenvalue weighted by Crippen LogP contribution is -2.31. The van der Waals surface area contributed by atoms with E-state index in [-0.39, 0.29) is 29.5 Å². The van der Waals surface area contributed by atoms with Crippen LogP contribution in [0.4, 0.5) is 28.0 Å². The zero-order valence-electron chi connectivity index (χ0n) is 22.5. The molecule has 0 unspecified atom stereocenters. The number of nitro benzene ring substituents is 1. The van der Waals surface area contributed by atoms with Crippen LogP contribution in [-0.4, -0.2) is 29.1 Å². The Balaban J connectivity index is 1.77. The highest BCUT2D eigenvalue weighted by molar-refractivity contribution is 5.77. The summed E-state index contributed by atoms with van der Waals surface area (Å²) in [4.78, 5) is 25.3. The number of halogens is 4. The second kappa shape index (κ2) is 10.8. The summed E-state index contributed by atoms with van der Waals surface area (Å²) in [5.41, 5.74) is 1.19. The van der Waals surface area contributed by atoms with Crippen molar-refractivity contribution in [2.75, 3.05) is 7.11 Å². The number of cyclic esters (lactones) is 1. The van der Waals surface area contributed by atoms with Crippen LogP contribution in [0.1, 0.15) is 60.6 Å². The van der Waals surface area contributed by atoms with Gasteiger partial charge in [0.05, 0.1) is 30.2 Å². The second-order valence-corrected chi connectivity index (χ2v) is 10.1. The molecule has 1 heterocycles. The summed E-state index contributed by atoms with van der Waals surface area (Å²) in [5, 5.41) is 11.6. The highest BCUT2D eigenvalue weighted by Crippen LogP contribution is 2.41. The minimum Gasteiger partial charge on any atom is -0.496 e. The van der Waals surface area contributed by atoms with Gasteiger partial charge in [-0.05, 0) is 66.3 Å². The molecule has 3 aromatic rings. The van der Waals surface area contributed by atoms with Crippen molar-refractivity contribution >= 4 is 11.8 Å². The number of hydrogen-bond acceptors (Lipinski definition) is 5. The lowest BCUT2D eigenvalue weighted by Gasteiger charge is -2.23. The van der Waals surface area contributed by atoms with Crippen LogP contribution < -0.4 is 4.74 Å². The molecule has 1 amide bonds. The first-order chi connectivity index (χ1) is 18.7. The molecule has 0 bridgehead atoms. The van der Waals surface area contributed by atoms with Crippen LogP contribution in [0.3, 0.4) is 0 Å². The zero-order chi connectivity index (χ0) is 29.5. The minimum absolute atomic E-state index is 0.150. The third kappa shape index (κ3) is 5.59. The van der Waals surface area contributed by atoms with E-state index < -0.39 is 40.7 Å². The number of methoxy groups -OCH3 is 1. The van der Waals surface area contributed by atoms with E-state index in [1.165, 1.54) is 49.3 Å². The first kappa shape index (κ1) is 28.8. The second-order valence-electron chi connectivity index (χ2n) is 10.1. The number of amides is 1. The normalized spacial score (nSPS) is 17.4. The molecule has 0 radical (unpaired) electrons. The molecular weight excluding hydrogens is 532 g/mol. The Morgan fingerprint density at radius 2 is 1.80 bits per heavy atom. The van der Waals surface area contributed by atoms with Crippen molar-refractivity contribution in [3.63, 3.8) is 0 Å². The molecule has 4 rings (SSSR count). The van der Waals surface area contributed by atoms with Crippen LogP contribution in [0.5, 0.6) is 5.75 Å². The van der Waals surface area contributed by atoms with Gasteiger partial charge in [-0.25, -0.2) is 9.18 Å². The summed E-state index contributed by atoms with van der Waals surface area (Å²) < 4.78 is 66.0. The van der Waals surface area contributed by atoms with Gasteiger partial charge >= 0.3 is 12.3 Å². The number of rotatable bonds is 7. The van der Waals surface area contributed by atoms with Crippen molar-refractivity contribution in [3.05, 3.63) is 92.3 Å². The predicted octanol–water partition coefficient (Wildman–Crippen LogP) is 7.94. The molecule has 7 nitrogen and oxygen atoms in total. The Bertz CT molecular complexity index is 1470. The Hall–Kier alpha value is -4.15. The van der Waals surface area contributed by atoms with E-state index in [1.54, 1.807) is 13.0 Å². The van der Waals surface area contributed by atoms with E-state index in [0.717, 1.165) is 12.1 Å². The third-order valence-corrected chi connectivity index (χ3v) is 7.02. The summed E-state index contributed by atoms with van der Waals surface area (Å²) in [6.45, 7) is 6.65. The summed E-state index contributed by atoms with van der Waals surface area (Å²) in [6, 6.07) is 9.78. The molecule has 40 heavy (non-hydrogen) atoms. The molecule has 0 saturated carbocycles. The fourth-order valence-electron chi connectivity index (χ4n) is 4.96. The van der Waals surface area contributed by atoms with Gasteiger partial charge in [0.15, 0.2) is 0 Å². The summed E-state index contributed by atoms with van der Waals surface area (Å²) in [6.07, 6.45) is -6.35. The smallest absolute Gasteiger partial charge is 0.416 e. The zero-order valence-corrected chi connectivity index (χ0v) is 22.5. The molecular formula is C29H28F4N2O5. The van der Waals surface area contributed by atoms with Crippen molar-refractivity contribution in [2.45, 2.75) is 58.5 Å². The van der Waals surface area contributed by atoms with Gasteiger partial charge in [0, 0.05) is 23.8 Å². The Kier molecular flexibility index (Phi) is 7.78. The molecule has 1 aliphatic rings. The minimum atomic E-state index is -4.58. The van der Waals surface area contributed by atoms with Crippen molar-refractivity contribution in [3.8, 4) is 16.9 Å². The highest BCUT2D eigenvalue weighted by Gasteiger charge is 2.41. The molecule has 3 aromatic carbocycles. The van der Waals surface area contributed by atoms with Crippen molar-refractivity contribution in [2.24, 2.45) is 0 Å². The monoisotopic (exact) mass is 560 g/mol. The highest BCUT2D eigenvalue weighted by atomic mass is 19.4. The topological polar surface area (TPSA) is 81.9 Å². The quantitative estimate of drug-likeness (QED) is 0.166. The number of non-ortho nitro benzene ring substituents is 1. The van der Waals surface area contributed by atoms with Crippen LogP contribution >= 0.6 is 0 Å². The van der Waals surface area contributed by atoms with Crippen LogP contribution in [-0.2, 0) is 17.5 Å². The molecule has 0 N–H and O–H groups in total. The van der Waals surface area contributed by atoms with E-state index >= 15 is 0 Å². The SMILES string of the molecule is COc1cc(F)c(C(C)C)cc1-c1ccc([N+](=O)[O-])cc1CN1C(=O)O[C@H](c2cc(C)cc(C(F)(F)F)c2)[C@@H]1C. The predicted molar refractivity (Wildman–Crippen MR) is 140 cm³/mol. The van der Waals surface area contributed by atoms with Gasteiger partial charge in [-0.15, -0.1) is 0 Å². The molecule has 0 spiro atoms. The number of carbonyl (C=O) groups is 1. The molecule has 11 heteroatoms. The van der Waals surface area contributed by atoms with E-state index in [9.17, 15) is 32.5 Å². The molecule has 212 valence electrons. The average molecular weight is 561 g/mol. The maximum Gasteiger partial charge on any atom is 0.416 e. The van der Waals surface area contributed by atoms with E-state index in [4.69, 9.17) is 9.47 Å². The summed E-state index contributed by atoms with van der Waals surface area (Å²) in [7, 11) is 1.37. The van der Waals surface area contributed by atoms with Crippen molar-refractivity contribution < 1.29 is 36.8 Å². The average Bonchev–Trinajstić information content (AvgIpc) is 3.15. The number of alkyl halides is 3. The Morgan fingerprint density at radius 1 is 1.10 bits per heavy atom. The van der Waals surface area contributed by atoms with Gasteiger partial charge in [-0.3, -0.25) is 15.0 Å². The van der Waals surface area contributed by atoms with E-state index in [2.05, 4.69) is 0 Å². The number of carbonyl (C=O) groups excluding carboxylic acids is 1. The van der Waals surface area contributed by atoms with Crippen LogP contribution in [0.15, 0.2) is 48.5 Å². The van der Waals surface area contributed by atoms with E-state index in [0.29, 0.717) is 27.8 Å². The maximum absolute atomic E-state index is 14.7. The Morgan fingerprint density at radius 3 is 2.40 bits per heavy atom. The van der Waals surface area contributed by atoms with Gasteiger partial charge in [0.2, 0.25) is 0 Å². The van der Waals surface area contributed by atoms with Gasteiger partial charge in [0.25, 0.3) is 5.69 Å². The largest absolute Gasteiger partial charge is 0.496 e. The van der Waals surface area contributed by atoms with Gasteiger partial charge in [-0.2, -0.15) is 13.2 Å². The number of benzene rings is 3. The number of hydrogen-bond donors (Lipinski definition) is 0. The molecule has 1 saturated heterocycles. The first-order valence-corrected chi connectivity index (χ1v) is 12.5. The van der Waals surface area contributed by atoms with Crippen LogP contribution in [0, 0.1) is 22.9 Å². The summed E-state index contributed by atoms with van der Waals surface area (Å²) >= 11 is 0. The molecule has 2 atom stereocenters. The van der Waals surface area contributed by atoms with E-state index in [1.807, 2.05) is 13.8 Å². The number of ether oxygens (including phenoxy) is 2. The van der Waals surface area contributed by atoms with Gasteiger partial charge < -0.3 is 9.47 Å². The van der Waals surface area contributed by atoms with Crippen molar-refractivity contribution in [1.82, 2.24) is 4.90 Å². The molecule has 1 aliphatic heterocycles. The number of nitrogens with zero attached hydrogens (tertiary/aromatic N) is 2. The van der Waals surface area contributed by atoms with Gasteiger partial charge in [-0.1, -0.05) is 25.5 Å². The third-order valence-electron chi connectivity index (χ3n) is 7.02. The molecule has 1 fully saturated rings. The summed E-state index contributed by atoms with van der Waals surface area (Å²) in [5.74, 6) is -0.433. The Labute approximate surface area is 228 Å². The van der Waals surface area contributed by atoms with Crippen molar-refractivity contribution in [1.29, 1.82) is 0 Å². The maximum atomic E-state index is 14.7. The lowest BCUT2D eigenvalue weighted by atomic mass is 9.92. The standard InChI is InChI=1S/C29H28F4N2O5/c1-15(2)23-12-24(26(39-5)13-25(23)30)22-7-6-21(35(37)38)11-19(22)14-34-17(4)27(40-28(34)36)18-8-16(3)9-20(10-18)29(31,32)33/h6-13,15,17,27H,14H2,1-5H3/t17-,27-/m0/s1.